The van der Waals surface area contributed by atoms with Gasteiger partial charge in [-0.2, -0.15) is 0 Å². The van der Waals surface area contributed by atoms with E-state index in [9.17, 15) is 0 Å². The van der Waals surface area contributed by atoms with Crippen LogP contribution in [0, 0.1) is 0 Å². The SMILES string of the molecule is CC1(C)c2cc(-n3c4ccc(-c5ccc(-c6ccccc6)cc5)cc4c4cc(-c5ccc6c7ccccc7c7ccccc7c6c5)ccc43)ccc2-c2ccc3sc4ccccc4c3c21. The van der Waals surface area contributed by atoms with Crippen molar-refractivity contribution in [3.8, 4) is 50.2 Å². The molecule has 13 aromatic rings. The van der Waals surface area contributed by atoms with Gasteiger partial charge in [0.05, 0.1) is 11.0 Å². The second-order valence-corrected chi connectivity index (χ2v) is 19.5. The highest BCUT2D eigenvalue weighted by Crippen LogP contribution is 2.54. The predicted molar refractivity (Wildman–Crippen MR) is 280 cm³/mol. The van der Waals surface area contributed by atoms with Crippen LogP contribution in [0.25, 0.3) is 124 Å². The molecule has 0 bridgehead atoms. The van der Waals surface area contributed by atoms with Crippen LogP contribution in [0.2, 0.25) is 0 Å². The first-order valence-corrected chi connectivity index (χ1v) is 23.5. The van der Waals surface area contributed by atoms with Gasteiger partial charge in [-0.15, -0.1) is 11.3 Å². The summed E-state index contributed by atoms with van der Waals surface area (Å²) >= 11 is 1.91. The van der Waals surface area contributed by atoms with Gasteiger partial charge >= 0.3 is 0 Å². The number of hydrogen-bond donors (Lipinski definition) is 0. The van der Waals surface area contributed by atoms with E-state index in [2.05, 4.69) is 231 Å². The summed E-state index contributed by atoms with van der Waals surface area (Å²) in [6.45, 7) is 4.85. The molecule has 2 heteroatoms. The molecule has 0 amide bonds. The molecule has 1 aliphatic carbocycles. The van der Waals surface area contributed by atoms with Gasteiger partial charge in [0.15, 0.2) is 0 Å². The highest BCUT2D eigenvalue weighted by Gasteiger charge is 2.38. The largest absolute Gasteiger partial charge is 0.309 e. The Morgan fingerprint density at radius 2 is 0.815 bits per heavy atom. The van der Waals surface area contributed by atoms with Gasteiger partial charge in [0.2, 0.25) is 0 Å². The molecule has 0 unspecified atom stereocenters. The molecular formula is C63H41NS. The summed E-state index contributed by atoms with van der Waals surface area (Å²) in [5.74, 6) is 0. The van der Waals surface area contributed by atoms with Crippen molar-refractivity contribution in [3.05, 3.63) is 223 Å². The zero-order valence-corrected chi connectivity index (χ0v) is 36.9. The molecule has 0 saturated carbocycles. The smallest absolute Gasteiger partial charge is 0.0541 e. The Kier molecular flexibility index (Phi) is 7.68. The predicted octanol–water partition coefficient (Wildman–Crippen LogP) is 17.9. The molecule has 65 heavy (non-hydrogen) atoms. The molecule has 0 aliphatic heterocycles. The van der Waals surface area contributed by atoms with E-state index in [-0.39, 0.29) is 5.41 Å². The number of benzene rings is 11. The van der Waals surface area contributed by atoms with Crippen molar-refractivity contribution < 1.29 is 0 Å². The van der Waals surface area contributed by atoms with E-state index in [0.29, 0.717) is 0 Å². The van der Waals surface area contributed by atoms with Crippen molar-refractivity contribution in [2.24, 2.45) is 0 Å². The van der Waals surface area contributed by atoms with E-state index in [0.717, 1.165) is 0 Å². The molecule has 1 aliphatic rings. The zero-order chi connectivity index (χ0) is 43.0. The highest BCUT2D eigenvalue weighted by atomic mass is 32.1. The Morgan fingerprint density at radius 1 is 0.338 bits per heavy atom. The molecule has 2 aromatic heterocycles. The summed E-state index contributed by atoms with van der Waals surface area (Å²) in [7, 11) is 0. The van der Waals surface area contributed by atoms with Crippen molar-refractivity contribution in [2.45, 2.75) is 19.3 Å². The molecule has 11 aromatic carbocycles. The minimum Gasteiger partial charge on any atom is -0.309 e. The van der Waals surface area contributed by atoms with Crippen molar-refractivity contribution in [2.75, 3.05) is 0 Å². The highest BCUT2D eigenvalue weighted by molar-refractivity contribution is 7.25. The minimum absolute atomic E-state index is 0.180. The Hall–Kier alpha value is -7.78. The van der Waals surface area contributed by atoms with Crippen LogP contribution in [0.5, 0.6) is 0 Å². The maximum absolute atomic E-state index is 2.51. The molecule has 0 spiro atoms. The lowest BCUT2D eigenvalue weighted by Gasteiger charge is -2.23. The second kappa shape index (κ2) is 13.6. The molecule has 0 atom stereocenters. The normalized spacial score (nSPS) is 13.2. The summed E-state index contributed by atoms with van der Waals surface area (Å²) in [4.78, 5) is 0. The van der Waals surface area contributed by atoms with E-state index in [1.165, 1.54) is 136 Å². The van der Waals surface area contributed by atoms with Gasteiger partial charge in [-0.25, -0.2) is 0 Å². The summed E-state index contributed by atoms with van der Waals surface area (Å²) in [5.41, 5.74) is 16.3. The number of fused-ring (bicyclic) bond motifs is 16. The van der Waals surface area contributed by atoms with E-state index in [4.69, 9.17) is 0 Å². The van der Waals surface area contributed by atoms with Crippen LogP contribution in [0.15, 0.2) is 212 Å². The van der Waals surface area contributed by atoms with Crippen LogP contribution < -0.4 is 0 Å². The second-order valence-electron chi connectivity index (χ2n) is 18.4. The monoisotopic (exact) mass is 843 g/mol. The number of rotatable bonds is 4. The van der Waals surface area contributed by atoms with Crippen LogP contribution in [0.1, 0.15) is 25.0 Å². The summed E-state index contributed by atoms with van der Waals surface area (Å²) in [5, 5.41) is 13.0. The summed E-state index contributed by atoms with van der Waals surface area (Å²) in [6, 6.07) is 79.5. The van der Waals surface area contributed by atoms with Crippen molar-refractivity contribution in [1.82, 2.24) is 4.57 Å². The first-order chi connectivity index (χ1) is 32.0. The first-order valence-electron chi connectivity index (χ1n) is 22.7. The van der Waals surface area contributed by atoms with Crippen molar-refractivity contribution >= 4 is 85.6 Å². The average molecular weight is 844 g/mol. The van der Waals surface area contributed by atoms with E-state index in [1.807, 2.05) is 11.3 Å². The number of aromatic nitrogens is 1. The van der Waals surface area contributed by atoms with Crippen molar-refractivity contribution in [3.63, 3.8) is 0 Å². The standard InChI is InChI=1S/C63H41NS/c1-63(2)56-37-44(27-29-50(56)51-30-33-60-61(62(51)63)52-18-10-11-19-59(52)65-60)64-57-31-25-41(40-22-20-39(21-23-40)38-12-4-3-5-13-38)35-54(57)55-36-43(26-32-58(55)64)42-24-28-49-47-16-7-6-14-45(47)46-15-8-9-17-48(46)53(49)34-42/h3-37H,1-2H3. The lowest BCUT2D eigenvalue weighted by molar-refractivity contribution is 0.666. The maximum Gasteiger partial charge on any atom is 0.0541 e. The average Bonchev–Trinajstić information content (AvgIpc) is 3.98. The molecule has 304 valence electrons. The lowest BCUT2D eigenvalue weighted by Crippen LogP contribution is -2.15. The molecule has 14 rings (SSSR count). The minimum atomic E-state index is -0.180. The molecule has 0 radical (unpaired) electrons. The van der Waals surface area contributed by atoms with Gasteiger partial charge in [0, 0.05) is 42.0 Å². The first kappa shape index (κ1) is 36.7. The molecule has 2 heterocycles. The topological polar surface area (TPSA) is 4.93 Å². The number of hydrogen-bond acceptors (Lipinski definition) is 1. The van der Waals surface area contributed by atoms with Crippen LogP contribution in [-0.4, -0.2) is 4.57 Å². The van der Waals surface area contributed by atoms with Gasteiger partial charge < -0.3 is 4.57 Å². The fourth-order valence-electron chi connectivity index (χ4n) is 11.5. The van der Waals surface area contributed by atoms with Crippen LogP contribution in [0.3, 0.4) is 0 Å². The van der Waals surface area contributed by atoms with E-state index < -0.39 is 0 Å². The van der Waals surface area contributed by atoms with Crippen molar-refractivity contribution in [1.29, 1.82) is 0 Å². The van der Waals surface area contributed by atoms with E-state index >= 15 is 0 Å². The summed E-state index contributed by atoms with van der Waals surface area (Å²) < 4.78 is 5.22. The molecule has 0 fully saturated rings. The van der Waals surface area contributed by atoms with Gasteiger partial charge in [-0.05, 0) is 143 Å². The van der Waals surface area contributed by atoms with Crippen LogP contribution in [0.4, 0.5) is 0 Å². The fourth-order valence-corrected chi connectivity index (χ4v) is 12.6. The fraction of sp³-hybridized carbons (Fsp3) is 0.0476. The van der Waals surface area contributed by atoms with E-state index in [1.54, 1.807) is 0 Å². The molecule has 1 nitrogen and oxygen atoms in total. The molecule has 0 N–H and O–H groups in total. The zero-order valence-electron chi connectivity index (χ0n) is 36.1. The third kappa shape index (κ3) is 5.32. The van der Waals surface area contributed by atoms with Gasteiger partial charge in [-0.3, -0.25) is 0 Å². The Bertz CT molecular complexity index is 4090. The molecule has 0 saturated heterocycles. The van der Waals surface area contributed by atoms with Crippen LogP contribution in [-0.2, 0) is 5.41 Å². The number of thiophene rings is 1. The van der Waals surface area contributed by atoms with Gasteiger partial charge in [-0.1, -0.05) is 172 Å². The Labute approximate surface area is 381 Å². The maximum atomic E-state index is 2.51. The number of nitrogens with zero attached hydrogens (tertiary/aromatic N) is 1. The van der Waals surface area contributed by atoms with Gasteiger partial charge in [0.1, 0.15) is 0 Å². The Morgan fingerprint density at radius 3 is 1.48 bits per heavy atom. The third-order valence-corrected chi connectivity index (χ3v) is 15.7. The quantitative estimate of drug-likeness (QED) is 0.156. The summed E-state index contributed by atoms with van der Waals surface area (Å²) in [6.07, 6.45) is 0. The van der Waals surface area contributed by atoms with Crippen LogP contribution >= 0.6 is 11.3 Å². The van der Waals surface area contributed by atoms with Gasteiger partial charge in [0.25, 0.3) is 0 Å². The third-order valence-electron chi connectivity index (χ3n) is 14.6. The lowest BCUT2D eigenvalue weighted by atomic mass is 9.80. The Balaban J connectivity index is 0.965. The molecular weight excluding hydrogens is 803 g/mol.